The van der Waals surface area contributed by atoms with Gasteiger partial charge in [-0.15, -0.1) is 11.3 Å². The van der Waals surface area contributed by atoms with Crippen molar-refractivity contribution in [3.05, 3.63) is 46.1 Å². The fourth-order valence-corrected chi connectivity index (χ4v) is 2.99. The molecule has 0 fully saturated rings. The number of hydrogen-bond acceptors (Lipinski definition) is 4. The van der Waals surface area contributed by atoms with E-state index in [-0.39, 0.29) is 10.4 Å². The number of aromatic nitrogens is 2. The first kappa shape index (κ1) is 14.6. The van der Waals surface area contributed by atoms with Gasteiger partial charge in [0, 0.05) is 16.3 Å². The average Bonchev–Trinajstić information content (AvgIpc) is 2.84. The van der Waals surface area contributed by atoms with Crippen LogP contribution in [0.1, 0.15) is 0 Å². The van der Waals surface area contributed by atoms with E-state index >= 15 is 0 Å². The Morgan fingerprint density at radius 3 is 2.55 bits per heavy atom. The van der Waals surface area contributed by atoms with E-state index in [0.717, 1.165) is 11.3 Å². The van der Waals surface area contributed by atoms with Crippen LogP contribution in [0, 0.1) is 0 Å². The van der Waals surface area contributed by atoms with Crippen LogP contribution in [0.25, 0.3) is 22.0 Å². The third kappa shape index (κ3) is 2.57. The predicted octanol–water partition coefficient (Wildman–Crippen LogP) is 3.27. The van der Waals surface area contributed by atoms with Crippen LogP contribution in [-0.2, 0) is 6.54 Å². The van der Waals surface area contributed by atoms with Gasteiger partial charge in [-0.2, -0.15) is 18.3 Å². The number of thiophene rings is 1. The van der Waals surface area contributed by atoms with E-state index in [1.165, 1.54) is 0 Å². The average molecular weight is 325 g/mol. The van der Waals surface area contributed by atoms with Crippen LogP contribution in [0.2, 0.25) is 0 Å². The van der Waals surface area contributed by atoms with E-state index in [1.807, 2.05) is 0 Å². The summed E-state index contributed by atoms with van der Waals surface area (Å²) in [4.78, 5) is 12.2. The molecule has 0 atom stereocenters. The van der Waals surface area contributed by atoms with Gasteiger partial charge in [-0.3, -0.25) is 4.79 Å². The number of hydrogen-bond donors (Lipinski definition) is 1. The van der Waals surface area contributed by atoms with Crippen LogP contribution in [0.5, 0.6) is 0 Å². The Morgan fingerprint density at radius 1 is 1.23 bits per heavy atom. The molecule has 0 aliphatic rings. The molecule has 0 unspecified atom stereocenters. The lowest BCUT2D eigenvalue weighted by molar-refractivity contribution is -0.143. The molecule has 3 rings (SSSR count). The molecule has 4 nitrogen and oxygen atoms in total. The maximum atomic E-state index is 12.7. The minimum Gasteiger partial charge on any atom is -0.390 e. The zero-order valence-electron chi connectivity index (χ0n) is 11.1. The molecule has 2 aromatic heterocycles. The maximum absolute atomic E-state index is 12.7. The number of alkyl halides is 3. The van der Waals surface area contributed by atoms with Crippen molar-refractivity contribution in [1.29, 1.82) is 0 Å². The summed E-state index contributed by atoms with van der Waals surface area (Å²) < 4.78 is 38.4. The van der Waals surface area contributed by atoms with E-state index < -0.39 is 18.3 Å². The molecule has 8 heteroatoms. The zero-order valence-corrected chi connectivity index (χ0v) is 11.9. The molecule has 0 saturated heterocycles. The first-order chi connectivity index (χ1) is 10.4. The fraction of sp³-hybridized carbons (Fsp3) is 0.143. The molecular weight excluding hydrogens is 315 g/mol. The lowest BCUT2D eigenvalue weighted by atomic mass is 10.1. The maximum Gasteiger partial charge on any atom is 0.408 e. The van der Waals surface area contributed by atoms with E-state index in [4.69, 9.17) is 5.73 Å². The number of fused-ring (bicyclic) bond motifs is 1. The first-order valence-corrected chi connectivity index (χ1v) is 7.15. The molecule has 0 aliphatic heterocycles. The van der Waals surface area contributed by atoms with Crippen molar-refractivity contribution in [2.75, 3.05) is 5.73 Å². The highest BCUT2D eigenvalue weighted by molar-refractivity contribution is 7.15. The van der Waals surface area contributed by atoms with E-state index in [1.54, 1.807) is 35.7 Å². The first-order valence-electron chi connectivity index (χ1n) is 6.27. The van der Waals surface area contributed by atoms with Gasteiger partial charge in [-0.05, 0) is 0 Å². The van der Waals surface area contributed by atoms with Crippen molar-refractivity contribution in [2.24, 2.45) is 0 Å². The van der Waals surface area contributed by atoms with Gasteiger partial charge < -0.3 is 5.73 Å². The lowest BCUT2D eigenvalue weighted by Crippen LogP contribution is -2.30. The highest BCUT2D eigenvalue weighted by Crippen LogP contribution is 2.32. The molecule has 2 heterocycles. The number of rotatable bonds is 2. The number of nitrogen functional groups attached to an aromatic ring is 1. The summed E-state index contributed by atoms with van der Waals surface area (Å²) in [5.74, 6) is 0. The van der Waals surface area contributed by atoms with Gasteiger partial charge in [0.2, 0.25) is 0 Å². The van der Waals surface area contributed by atoms with Crippen molar-refractivity contribution in [3.8, 4) is 11.3 Å². The Labute approximate surface area is 126 Å². The standard InChI is InChI=1S/C14H10F3N3OS/c15-14(16,17)7-20-13(21)10-9(6-22-12(10)18)11(19-20)8-4-2-1-3-5-8/h1-6H,7,18H2. The summed E-state index contributed by atoms with van der Waals surface area (Å²) in [5.41, 5.74) is 5.86. The number of anilines is 1. The van der Waals surface area contributed by atoms with Crippen LogP contribution < -0.4 is 11.3 Å². The number of nitrogens with zero attached hydrogens (tertiary/aromatic N) is 2. The zero-order chi connectivity index (χ0) is 15.9. The molecule has 2 N–H and O–H groups in total. The molecule has 1 aromatic carbocycles. The third-order valence-corrected chi connectivity index (χ3v) is 3.93. The Hall–Kier alpha value is -2.35. The lowest BCUT2D eigenvalue weighted by Gasteiger charge is -2.11. The van der Waals surface area contributed by atoms with Crippen molar-refractivity contribution in [2.45, 2.75) is 12.7 Å². The van der Waals surface area contributed by atoms with E-state index in [9.17, 15) is 18.0 Å². The van der Waals surface area contributed by atoms with Crippen LogP contribution in [0.15, 0.2) is 40.5 Å². The summed E-state index contributed by atoms with van der Waals surface area (Å²) >= 11 is 1.11. The number of halogens is 3. The van der Waals surface area contributed by atoms with Crippen molar-refractivity contribution >= 4 is 27.1 Å². The Morgan fingerprint density at radius 2 is 1.91 bits per heavy atom. The van der Waals surface area contributed by atoms with Gasteiger partial charge >= 0.3 is 6.18 Å². The summed E-state index contributed by atoms with van der Waals surface area (Å²) in [6, 6.07) is 8.72. The molecule has 0 aliphatic carbocycles. The number of nitrogens with two attached hydrogens (primary N) is 1. The number of benzene rings is 1. The summed E-state index contributed by atoms with van der Waals surface area (Å²) in [6.07, 6.45) is -4.54. The topological polar surface area (TPSA) is 60.9 Å². The SMILES string of the molecule is Nc1scc2c(-c3ccccc3)nn(CC(F)(F)F)c(=O)c12. The molecule has 0 radical (unpaired) electrons. The van der Waals surface area contributed by atoms with Crippen molar-refractivity contribution in [3.63, 3.8) is 0 Å². The molecule has 0 spiro atoms. The molecule has 0 bridgehead atoms. The molecule has 0 amide bonds. The van der Waals surface area contributed by atoms with Gasteiger partial charge in [0.15, 0.2) is 0 Å². The second-order valence-corrected chi connectivity index (χ2v) is 5.59. The monoisotopic (exact) mass is 325 g/mol. The van der Waals surface area contributed by atoms with Crippen molar-refractivity contribution < 1.29 is 13.2 Å². The highest BCUT2D eigenvalue weighted by Gasteiger charge is 2.30. The third-order valence-electron chi connectivity index (χ3n) is 3.12. The van der Waals surface area contributed by atoms with Gasteiger partial charge in [0.05, 0.1) is 16.1 Å². The van der Waals surface area contributed by atoms with E-state index in [0.29, 0.717) is 21.3 Å². The largest absolute Gasteiger partial charge is 0.408 e. The molecular formula is C14H10F3N3OS. The van der Waals surface area contributed by atoms with Gasteiger partial charge in [-0.1, -0.05) is 30.3 Å². The normalized spacial score (nSPS) is 12.0. The van der Waals surface area contributed by atoms with Crippen LogP contribution in [0.4, 0.5) is 18.2 Å². The highest BCUT2D eigenvalue weighted by atomic mass is 32.1. The Balaban J connectivity index is 2.32. The van der Waals surface area contributed by atoms with Crippen molar-refractivity contribution in [1.82, 2.24) is 9.78 Å². The minimum atomic E-state index is -4.54. The second kappa shape index (κ2) is 5.13. The minimum absolute atomic E-state index is 0.0862. The summed E-state index contributed by atoms with van der Waals surface area (Å²) in [6.45, 7) is -1.45. The second-order valence-electron chi connectivity index (χ2n) is 4.68. The quantitative estimate of drug-likeness (QED) is 0.786. The Bertz CT molecular complexity index is 884. The summed E-state index contributed by atoms with van der Waals surface area (Å²) in [5, 5.41) is 6.29. The smallest absolute Gasteiger partial charge is 0.390 e. The molecule has 0 saturated carbocycles. The predicted molar refractivity (Wildman–Crippen MR) is 79.8 cm³/mol. The van der Waals surface area contributed by atoms with Gasteiger partial charge in [0.25, 0.3) is 5.56 Å². The van der Waals surface area contributed by atoms with Crippen LogP contribution in [0.3, 0.4) is 0 Å². The van der Waals surface area contributed by atoms with Gasteiger partial charge in [-0.25, -0.2) is 4.68 Å². The molecule has 114 valence electrons. The van der Waals surface area contributed by atoms with Crippen LogP contribution >= 0.6 is 11.3 Å². The summed E-state index contributed by atoms with van der Waals surface area (Å²) in [7, 11) is 0. The fourth-order valence-electron chi connectivity index (χ4n) is 2.20. The molecule has 22 heavy (non-hydrogen) atoms. The Kier molecular flexibility index (Phi) is 3.40. The van der Waals surface area contributed by atoms with Crippen LogP contribution in [-0.4, -0.2) is 16.0 Å². The molecule has 3 aromatic rings. The van der Waals surface area contributed by atoms with E-state index in [2.05, 4.69) is 5.10 Å². The van der Waals surface area contributed by atoms with Gasteiger partial charge in [0.1, 0.15) is 6.54 Å².